The molecule has 1 aromatic heterocycles. The van der Waals surface area contributed by atoms with Gasteiger partial charge in [0.15, 0.2) is 11.4 Å². The Labute approximate surface area is 104 Å². The van der Waals surface area contributed by atoms with Crippen LogP contribution in [-0.2, 0) is 0 Å². The minimum atomic E-state index is 0.655. The molecule has 86 valence electrons. The summed E-state index contributed by atoms with van der Waals surface area (Å²) in [6.45, 7) is 3.90. The summed E-state index contributed by atoms with van der Waals surface area (Å²) in [5, 5.41) is 0.655. The molecule has 0 radical (unpaired) electrons. The van der Waals surface area contributed by atoms with Crippen LogP contribution in [0.5, 0.6) is 0 Å². The number of aromatic nitrogens is 2. The van der Waals surface area contributed by atoms with Crippen molar-refractivity contribution in [3.05, 3.63) is 47.3 Å². The van der Waals surface area contributed by atoms with Gasteiger partial charge >= 0.3 is 0 Å². The van der Waals surface area contributed by atoms with E-state index in [-0.39, 0.29) is 0 Å². The van der Waals surface area contributed by atoms with E-state index in [1.165, 1.54) is 11.8 Å². The number of benzene rings is 1. The van der Waals surface area contributed by atoms with Gasteiger partial charge in [-0.25, -0.2) is 9.97 Å². The summed E-state index contributed by atoms with van der Waals surface area (Å²) >= 11 is 1.40. The van der Waals surface area contributed by atoms with Gasteiger partial charge in [0.2, 0.25) is 0 Å². The highest BCUT2D eigenvalue weighted by Gasteiger charge is 2.05. The van der Waals surface area contributed by atoms with Crippen LogP contribution in [0.3, 0.4) is 0 Å². The van der Waals surface area contributed by atoms with Crippen molar-refractivity contribution in [2.45, 2.75) is 23.9 Å². The predicted molar refractivity (Wildman–Crippen MR) is 67.5 cm³/mol. The summed E-state index contributed by atoms with van der Waals surface area (Å²) in [5.41, 5.74) is 2.77. The van der Waals surface area contributed by atoms with Crippen LogP contribution in [0.25, 0.3) is 0 Å². The van der Waals surface area contributed by atoms with E-state index in [2.05, 4.69) is 9.97 Å². The van der Waals surface area contributed by atoms with Gasteiger partial charge in [-0.1, -0.05) is 11.6 Å². The van der Waals surface area contributed by atoms with Crippen molar-refractivity contribution >= 4 is 18.0 Å². The molecule has 0 atom stereocenters. The predicted octanol–water partition coefficient (Wildman–Crippen LogP) is 3.06. The van der Waals surface area contributed by atoms with Gasteiger partial charge in [-0.15, -0.1) is 0 Å². The molecule has 3 nitrogen and oxygen atoms in total. The maximum Gasteiger partial charge on any atom is 0.192 e. The number of aldehydes is 1. The van der Waals surface area contributed by atoms with Crippen molar-refractivity contribution in [2.75, 3.05) is 0 Å². The molecule has 0 amide bonds. The number of aryl methyl sites for hydroxylation is 2. The van der Waals surface area contributed by atoms with E-state index < -0.39 is 0 Å². The van der Waals surface area contributed by atoms with Crippen LogP contribution in [0.4, 0.5) is 0 Å². The lowest BCUT2D eigenvalue weighted by molar-refractivity contribution is 0.112. The molecule has 2 rings (SSSR count). The molecule has 0 aliphatic rings. The van der Waals surface area contributed by atoms with Crippen LogP contribution >= 0.6 is 11.8 Å². The summed E-state index contributed by atoms with van der Waals surface area (Å²) in [5.74, 6) is 0. The molecule has 0 aliphatic carbocycles. The molecule has 1 aromatic carbocycles. The van der Waals surface area contributed by atoms with Crippen molar-refractivity contribution in [3.8, 4) is 0 Å². The van der Waals surface area contributed by atoms with E-state index in [1.54, 1.807) is 12.4 Å². The number of hydrogen-bond acceptors (Lipinski definition) is 4. The molecule has 2 aromatic rings. The van der Waals surface area contributed by atoms with Crippen molar-refractivity contribution < 1.29 is 4.79 Å². The average Bonchev–Trinajstić information content (AvgIpc) is 2.34. The third kappa shape index (κ3) is 2.91. The van der Waals surface area contributed by atoms with E-state index in [0.717, 1.165) is 22.3 Å². The molecular formula is C13H12N2OS. The maximum absolute atomic E-state index is 11.0. The van der Waals surface area contributed by atoms with Gasteiger partial charge in [0.1, 0.15) is 0 Å². The Morgan fingerprint density at radius 2 is 1.82 bits per heavy atom. The summed E-state index contributed by atoms with van der Waals surface area (Å²) in [6.07, 6.45) is 4.40. The summed E-state index contributed by atoms with van der Waals surface area (Å²) < 4.78 is 0. The first-order valence-electron chi connectivity index (χ1n) is 5.21. The fraction of sp³-hybridized carbons (Fsp3) is 0.154. The van der Waals surface area contributed by atoms with Gasteiger partial charge in [0, 0.05) is 22.9 Å². The highest BCUT2D eigenvalue weighted by Crippen LogP contribution is 2.27. The van der Waals surface area contributed by atoms with Gasteiger partial charge in [-0.2, -0.15) is 0 Å². The molecule has 0 spiro atoms. The van der Waals surface area contributed by atoms with Crippen molar-refractivity contribution in [2.24, 2.45) is 0 Å². The normalized spacial score (nSPS) is 10.2. The Kier molecular flexibility index (Phi) is 3.54. The average molecular weight is 244 g/mol. The van der Waals surface area contributed by atoms with Crippen molar-refractivity contribution in [1.82, 2.24) is 9.97 Å². The third-order valence-corrected chi connectivity index (χ3v) is 3.24. The first-order valence-corrected chi connectivity index (χ1v) is 6.03. The molecule has 17 heavy (non-hydrogen) atoms. The van der Waals surface area contributed by atoms with E-state index in [0.29, 0.717) is 10.7 Å². The summed E-state index contributed by atoms with van der Waals surface area (Å²) in [6, 6.07) is 5.76. The van der Waals surface area contributed by atoms with Crippen LogP contribution in [-0.4, -0.2) is 16.3 Å². The van der Waals surface area contributed by atoms with Gasteiger partial charge in [-0.3, -0.25) is 4.79 Å². The number of rotatable bonds is 3. The SMILES string of the molecule is Cc1cnc(Sc2ccc(C)cc2C=O)nc1. The van der Waals surface area contributed by atoms with Crippen LogP contribution in [0.2, 0.25) is 0 Å². The minimum Gasteiger partial charge on any atom is -0.298 e. The molecule has 4 heteroatoms. The van der Waals surface area contributed by atoms with Crippen molar-refractivity contribution in [3.63, 3.8) is 0 Å². The quantitative estimate of drug-likeness (QED) is 0.614. The van der Waals surface area contributed by atoms with Crippen LogP contribution in [0.1, 0.15) is 21.5 Å². The van der Waals surface area contributed by atoms with Gasteiger partial charge in [0.05, 0.1) is 0 Å². The zero-order valence-electron chi connectivity index (χ0n) is 9.68. The van der Waals surface area contributed by atoms with Gasteiger partial charge in [-0.05, 0) is 43.3 Å². The largest absolute Gasteiger partial charge is 0.298 e. The van der Waals surface area contributed by atoms with E-state index >= 15 is 0 Å². The first-order chi connectivity index (χ1) is 8.19. The van der Waals surface area contributed by atoms with Crippen LogP contribution < -0.4 is 0 Å². The Hall–Kier alpha value is -1.68. The molecule has 0 bridgehead atoms. The first kappa shape index (κ1) is 11.8. The minimum absolute atomic E-state index is 0.655. The van der Waals surface area contributed by atoms with Gasteiger partial charge < -0.3 is 0 Å². The fourth-order valence-electron chi connectivity index (χ4n) is 1.38. The molecular weight excluding hydrogens is 232 g/mol. The lowest BCUT2D eigenvalue weighted by Crippen LogP contribution is -1.90. The third-order valence-electron chi connectivity index (χ3n) is 2.25. The van der Waals surface area contributed by atoms with Crippen LogP contribution in [0, 0.1) is 13.8 Å². The maximum atomic E-state index is 11.0. The standard InChI is InChI=1S/C13H12N2OS/c1-9-3-4-12(11(5-9)8-16)17-13-14-6-10(2)7-15-13/h3-8H,1-2H3. The summed E-state index contributed by atoms with van der Waals surface area (Å²) in [7, 11) is 0. The second kappa shape index (κ2) is 5.10. The van der Waals surface area contributed by atoms with E-state index in [1.807, 2.05) is 32.0 Å². The molecule has 0 fully saturated rings. The van der Waals surface area contributed by atoms with Crippen molar-refractivity contribution in [1.29, 1.82) is 0 Å². The highest BCUT2D eigenvalue weighted by molar-refractivity contribution is 7.99. The Morgan fingerprint density at radius 1 is 1.12 bits per heavy atom. The highest BCUT2D eigenvalue weighted by atomic mass is 32.2. The number of carbonyl (C=O) groups is 1. The molecule has 1 heterocycles. The Bertz CT molecular complexity index is 538. The lowest BCUT2D eigenvalue weighted by Gasteiger charge is -2.04. The topological polar surface area (TPSA) is 42.9 Å². The number of carbonyl (C=O) groups excluding carboxylic acids is 1. The van der Waals surface area contributed by atoms with E-state index in [9.17, 15) is 4.79 Å². The van der Waals surface area contributed by atoms with Gasteiger partial charge in [0.25, 0.3) is 0 Å². The number of hydrogen-bond donors (Lipinski definition) is 0. The molecule has 0 N–H and O–H groups in total. The fourth-order valence-corrected chi connectivity index (χ4v) is 2.15. The summed E-state index contributed by atoms with van der Waals surface area (Å²) in [4.78, 5) is 20.3. The molecule has 0 saturated heterocycles. The Morgan fingerprint density at radius 3 is 2.47 bits per heavy atom. The second-order valence-corrected chi connectivity index (χ2v) is 4.81. The molecule has 0 aliphatic heterocycles. The monoisotopic (exact) mass is 244 g/mol. The molecule has 0 saturated carbocycles. The zero-order chi connectivity index (χ0) is 12.3. The second-order valence-electron chi connectivity index (χ2n) is 3.80. The number of nitrogens with zero attached hydrogens (tertiary/aromatic N) is 2. The molecule has 0 unspecified atom stereocenters. The Balaban J connectivity index is 2.29. The van der Waals surface area contributed by atoms with E-state index in [4.69, 9.17) is 0 Å². The smallest absolute Gasteiger partial charge is 0.192 e. The zero-order valence-corrected chi connectivity index (χ0v) is 10.5. The lowest BCUT2D eigenvalue weighted by atomic mass is 10.2. The van der Waals surface area contributed by atoms with Crippen LogP contribution in [0.15, 0.2) is 40.6 Å².